The molecule has 0 aromatic carbocycles. The molecule has 0 saturated carbocycles. The van der Waals surface area contributed by atoms with Gasteiger partial charge in [-0.25, -0.2) is 0 Å². The van der Waals surface area contributed by atoms with Crippen LogP contribution < -0.4 is 0 Å². The summed E-state index contributed by atoms with van der Waals surface area (Å²) in [4.78, 5) is 24.9. The molecule has 9 nitrogen and oxygen atoms in total. The first kappa shape index (κ1) is 18.0. The van der Waals surface area contributed by atoms with Crippen molar-refractivity contribution in [1.82, 2.24) is 0 Å². The molecule has 0 radical (unpaired) electrons. The maximum Gasteiger partial charge on any atom is 0.302 e. The zero-order valence-corrected chi connectivity index (χ0v) is 12.6. The minimum atomic E-state index is -1.47. The zero-order chi connectivity index (χ0) is 16.7. The number of rotatable bonds is 5. The number of aliphatic hydroxyl groups excluding tert-OH is 1. The van der Waals surface area contributed by atoms with Crippen molar-refractivity contribution in [2.24, 2.45) is 11.0 Å². The second-order valence-corrected chi connectivity index (χ2v) is 4.74. The van der Waals surface area contributed by atoms with Crippen LogP contribution in [0.2, 0.25) is 0 Å². The molecule has 22 heavy (non-hydrogen) atoms. The Morgan fingerprint density at radius 2 is 2.09 bits per heavy atom. The van der Waals surface area contributed by atoms with E-state index in [1.54, 1.807) is 19.1 Å². The number of carbonyl (C=O) groups is 2. The average Bonchev–Trinajstić information content (AvgIpc) is 2.43. The van der Waals surface area contributed by atoms with Gasteiger partial charge in [-0.2, -0.15) is 0 Å². The van der Waals surface area contributed by atoms with Crippen molar-refractivity contribution in [3.05, 3.63) is 22.6 Å². The highest BCUT2D eigenvalue weighted by molar-refractivity contribution is 5.66. The summed E-state index contributed by atoms with van der Waals surface area (Å²) in [6.45, 7) is 4.09. The van der Waals surface area contributed by atoms with Gasteiger partial charge in [0.25, 0.3) is 0 Å². The van der Waals surface area contributed by atoms with Crippen LogP contribution in [0, 0.1) is 5.92 Å². The van der Waals surface area contributed by atoms with Gasteiger partial charge in [-0.1, -0.05) is 17.3 Å². The molecule has 0 aliphatic carbocycles. The summed E-state index contributed by atoms with van der Waals surface area (Å²) in [5.74, 6) is -1.62. The van der Waals surface area contributed by atoms with Crippen molar-refractivity contribution in [3.8, 4) is 0 Å². The van der Waals surface area contributed by atoms with Gasteiger partial charge in [0.05, 0.1) is 0 Å². The second-order valence-electron chi connectivity index (χ2n) is 4.74. The summed E-state index contributed by atoms with van der Waals surface area (Å²) in [5, 5.41) is 13.4. The van der Waals surface area contributed by atoms with Crippen LogP contribution in [0.5, 0.6) is 0 Å². The molecule has 1 aliphatic rings. The van der Waals surface area contributed by atoms with Crippen LogP contribution in [0.25, 0.3) is 10.4 Å². The first-order valence-corrected chi connectivity index (χ1v) is 6.71. The van der Waals surface area contributed by atoms with Crippen LogP contribution in [-0.4, -0.2) is 48.2 Å². The van der Waals surface area contributed by atoms with Crippen molar-refractivity contribution >= 4 is 11.9 Å². The van der Waals surface area contributed by atoms with Gasteiger partial charge in [-0.05, 0) is 12.5 Å². The molecule has 9 heteroatoms. The van der Waals surface area contributed by atoms with E-state index in [1.165, 1.54) is 13.8 Å². The van der Waals surface area contributed by atoms with Crippen molar-refractivity contribution in [3.63, 3.8) is 0 Å². The molecule has 1 N–H and O–H groups in total. The van der Waals surface area contributed by atoms with E-state index in [-0.39, 0.29) is 6.61 Å². The van der Waals surface area contributed by atoms with Crippen molar-refractivity contribution < 1.29 is 28.9 Å². The molecule has 0 aromatic rings. The number of allylic oxidation sites excluding steroid dienone is 1. The molecule has 1 saturated heterocycles. The number of azide groups is 1. The minimum Gasteiger partial charge on any atom is -0.463 e. The molecule has 1 fully saturated rings. The van der Waals surface area contributed by atoms with E-state index in [0.29, 0.717) is 0 Å². The third kappa shape index (κ3) is 4.73. The van der Waals surface area contributed by atoms with E-state index in [0.717, 1.165) is 0 Å². The molecule has 1 rings (SSSR count). The van der Waals surface area contributed by atoms with Crippen molar-refractivity contribution in [1.29, 1.82) is 0 Å². The van der Waals surface area contributed by atoms with Gasteiger partial charge in [0, 0.05) is 24.7 Å². The predicted octanol–water partition coefficient (Wildman–Crippen LogP) is 1.07. The van der Waals surface area contributed by atoms with Gasteiger partial charge in [0.1, 0.15) is 24.9 Å². The summed E-state index contributed by atoms with van der Waals surface area (Å²) in [6, 6.07) is -1.09. The molecule has 0 aromatic heterocycles. The Balaban J connectivity index is 3.08. The highest BCUT2D eigenvalue weighted by atomic mass is 16.6. The smallest absolute Gasteiger partial charge is 0.302 e. The normalized spacial score (nSPS) is 31.4. The summed E-state index contributed by atoms with van der Waals surface area (Å²) in [6.07, 6.45) is 0.268. The van der Waals surface area contributed by atoms with E-state index in [2.05, 4.69) is 10.0 Å². The lowest BCUT2D eigenvalue weighted by molar-refractivity contribution is -0.233. The van der Waals surface area contributed by atoms with Crippen LogP contribution >= 0.6 is 0 Å². The Labute approximate surface area is 127 Å². The van der Waals surface area contributed by atoms with Gasteiger partial charge in [-0.3, -0.25) is 9.59 Å². The summed E-state index contributed by atoms with van der Waals surface area (Å²) in [5.41, 5.74) is 8.61. The van der Waals surface area contributed by atoms with E-state index < -0.39 is 42.4 Å². The number of ether oxygens (including phenoxy) is 3. The first-order chi connectivity index (χ1) is 10.4. The molecule has 122 valence electrons. The van der Waals surface area contributed by atoms with Gasteiger partial charge in [-0.15, -0.1) is 0 Å². The molecule has 1 unspecified atom stereocenters. The second kappa shape index (κ2) is 8.38. The lowest BCUT2D eigenvalue weighted by Gasteiger charge is -2.41. The number of esters is 2. The van der Waals surface area contributed by atoms with E-state index in [9.17, 15) is 14.7 Å². The summed E-state index contributed by atoms with van der Waals surface area (Å²) < 4.78 is 15.4. The molecule has 0 bridgehead atoms. The van der Waals surface area contributed by atoms with Gasteiger partial charge < -0.3 is 19.3 Å². The van der Waals surface area contributed by atoms with Crippen molar-refractivity contribution in [2.45, 2.75) is 45.3 Å². The van der Waals surface area contributed by atoms with Crippen LogP contribution in [0.4, 0.5) is 0 Å². The largest absolute Gasteiger partial charge is 0.463 e. The lowest BCUT2D eigenvalue weighted by Crippen LogP contribution is -2.55. The quantitative estimate of drug-likeness (QED) is 0.265. The van der Waals surface area contributed by atoms with E-state index in [1.807, 2.05) is 0 Å². The third-order valence-electron chi connectivity index (χ3n) is 3.10. The van der Waals surface area contributed by atoms with Gasteiger partial charge in [0.2, 0.25) is 0 Å². The summed E-state index contributed by atoms with van der Waals surface area (Å²) >= 11 is 0. The Hall–Kier alpha value is -2.09. The van der Waals surface area contributed by atoms with Gasteiger partial charge >= 0.3 is 11.9 Å². The fraction of sp³-hybridized carbons (Fsp3) is 0.692. The number of hydrogen-bond donors (Lipinski definition) is 1. The van der Waals surface area contributed by atoms with E-state index in [4.69, 9.17) is 19.7 Å². The lowest BCUT2D eigenvalue weighted by atomic mass is 9.87. The third-order valence-corrected chi connectivity index (χ3v) is 3.10. The topological polar surface area (TPSA) is 131 Å². The summed E-state index contributed by atoms with van der Waals surface area (Å²) in [7, 11) is 0. The fourth-order valence-corrected chi connectivity index (χ4v) is 2.28. The Bertz CT molecular complexity index is 488. The fourth-order valence-electron chi connectivity index (χ4n) is 2.28. The van der Waals surface area contributed by atoms with Crippen molar-refractivity contribution in [2.75, 3.05) is 6.61 Å². The maximum absolute atomic E-state index is 11.3. The molecular weight excluding hydrogens is 294 g/mol. The molecule has 5 atom stereocenters. The highest BCUT2D eigenvalue weighted by Crippen LogP contribution is 2.31. The molecule has 1 aliphatic heterocycles. The SMILES string of the molecule is CC=C[C@H]1[C@H](OC(C)=O)[C@@H](N=[N+]=[N-])C(O)O[C@@H]1COC(C)=O. The monoisotopic (exact) mass is 313 g/mol. The maximum atomic E-state index is 11.3. The first-order valence-electron chi connectivity index (χ1n) is 6.71. The van der Waals surface area contributed by atoms with Crippen LogP contribution in [-0.2, 0) is 23.8 Å². The molecule has 1 heterocycles. The number of hydrogen-bond acceptors (Lipinski definition) is 7. The standard InChI is InChI=1S/C13H19N3O6/c1-4-5-9-10(6-20-7(2)17)22-13(19)11(15-16-14)12(9)21-8(3)18/h4-5,9-13,19H,6H2,1-3H3/t9-,10-,11-,12+,13?/m1/s1. The minimum absolute atomic E-state index is 0.123. The Kier molecular flexibility index (Phi) is 6.84. The number of aliphatic hydroxyl groups is 1. The van der Waals surface area contributed by atoms with Crippen LogP contribution in [0.3, 0.4) is 0 Å². The Morgan fingerprint density at radius 1 is 1.41 bits per heavy atom. The zero-order valence-electron chi connectivity index (χ0n) is 12.6. The molecule has 0 amide bonds. The van der Waals surface area contributed by atoms with Crippen LogP contribution in [0.1, 0.15) is 20.8 Å². The number of carbonyl (C=O) groups excluding carboxylic acids is 2. The highest BCUT2D eigenvalue weighted by Gasteiger charge is 2.46. The Morgan fingerprint density at radius 3 is 2.59 bits per heavy atom. The van der Waals surface area contributed by atoms with Crippen LogP contribution in [0.15, 0.2) is 17.3 Å². The molecular formula is C13H19N3O6. The predicted molar refractivity (Wildman–Crippen MR) is 74.3 cm³/mol. The average molecular weight is 313 g/mol. The van der Waals surface area contributed by atoms with Gasteiger partial charge in [0.15, 0.2) is 6.29 Å². The van der Waals surface area contributed by atoms with E-state index >= 15 is 0 Å². The molecule has 0 spiro atoms. The number of nitrogens with zero attached hydrogens (tertiary/aromatic N) is 3.